The highest BCUT2D eigenvalue weighted by molar-refractivity contribution is 4.89. The molecule has 0 spiro atoms. The van der Waals surface area contributed by atoms with Gasteiger partial charge in [0, 0.05) is 45.9 Å². The van der Waals surface area contributed by atoms with Crippen molar-refractivity contribution in [2.24, 2.45) is 11.8 Å². The average Bonchev–Trinajstić information content (AvgIpc) is 2.98. The van der Waals surface area contributed by atoms with E-state index in [1.807, 2.05) is 0 Å². The van der Waals surface area contributed by atoms with Crippen LogP contribution in [-0.2, 0) is 4.74 Å². The second-order valence-corrected chi connectivity index (χ2v) is 7.71. The molecular weight excluding hydrogens is 264 g/mol. The molecule has 0 amide bonds. The highest BCUT2D eigenvalue weighted by Crippen LogP contribution is 2.32. The van der Waals surface area contributed by atoms with Gasteiger partial charge in [0.15, 0.2) is 0 Å². The lowest BCUT2D eigenvalue weighted by Gasteiger charge is -2.42. The van der Waals surface area contributed by atoms with Crippen molar-refractivity contribution in [2.75, 3.05) is 52.5 Å². The molecule has 0 aromatic heterocycles. The van der Waals surface area contributed by atoms with Crippen LogP contribution in [0.4, 0.5) is 0 Å². The van der Waals surface area contributed by atoms with Crippen LogP contribution >= 0.6 is 0 Å². The topological polar surface area (TPSA) is 35.9 Å². The van der Waals surface area contributed by atoms with Crippen LogP contribution < -0.4 is 0 Å². The van der Waals surface area contributed by atoms with Crippen molar-refractivity contribution < 1.29 is 9.84 Å². The lowest BCUT2D eigenvalue weighted by molar-refractivity contribution is -0.0440. The Hall–Kier alpha value is -0.160. The number of nitrogens with zero attached hydrogens (tertiary/aromatic N) is 2. The molecule has 122 valence electrons. The van der Waals surface area contributed by atoms with Crippen LogP contribution in [0.2, 0.25) is 0 Å². The Balaban J connectivity index is 1.39. The summed E-state index contributed by atoms with van der Waals surface area (Å²) in [7, 11) is 0. The van der Waals surface area contributed by atoms with Gasteiger partial charge in [0.25, 0.3) is 0 Å². The molecule has 1 atom stereocenters. The van der Waals surface area contributed by atoms with Crippen LogP contribution in [-0.4, -0.2) is 73.0 Å². The van der Waals surface area contributed by atoms with E-state index in [0.717, 1.165) is 70.6 Å². The van der Waals surface area contributed by atoms with Crippen LogP contribution in [0.3, 0.4) is 0 Å². The first kappa shape index (κ1) is 15.7. The van der Waals surface area contributed by atoms with Gasteiger partial charge in [-0.05, 0) is 43.9 Å². The molecule has 1 N–H and O–H groups in total. The lowest BCUT2D eigenvalue weighted by Crippen LogP contribution is -2.53. The molecule has 4 heteroatoms. The summed E-state index contributed by atoms with van der Waals surface area (Å²) >= 11 is 0. The fourth-order valence-corrected chi connectivity index (χ4v) is 4.10. The summed E-state index contributed by atoms with van der Waals surface area (Å²) in [4.78, 5) is 5.07. The van der Waals surface area contributed by atoms with E-state index in [2.05, 4.69) is 16.7 Å². The highest BCUT2D eigenvalue weighted by atomic mass is 16.5. The highest BCUT2D eigenvalue weighted by Gasteiger charge is 2.34. The predicted octanol–water partition coefficient (Wildman–Crippen LogP) is 1.58. The van der Waals surface area contributed by atoms with E-state index in [1.54, 1.807) is 0 Å². The SMILES string of the molecule is CC1CCC(O)(CN2CCN(CC3CCOC3)CC2)CC1. The van der Waals surface area contributed by atoms with Gasteiger partial charge in [-0.2, -0.15) is 0 Å². The van der Waals surface area contributed by atoms with E-state index >= 15 is 0 Å². The molecule has 3 rings (SSSR count). The van der Waals surface area contributed by atoms with Gasteiger partial charge in [0.05, 0.1) is 12.2 Å². The van der Waals surface area contributed by atoms with Gasteiger partial charge < -0.3 is 14.7 Å². The predicted molar refractivity (Wildman–Crippen MR) is 84.4 cm³/mol. The molecule has 1 aliphatic carbocycles. The second kappa shape index (κ2) is 6.95. The summed E-state index contributed by atoms with van der Waals surface area (Å²) in [6.45, 7) is 10.9. The van der Waals surface area contributed by atoms with Crippen molar-refractivity contribution >= 4 is 0 Å². The zero-order valence-corrected chi connectivity index (χ0v) is 13.6. The van der Waals surface area contributed by atoms with Crippen LogP contribution in [0.25, 0.3) is 0 Å². The zero-order chi connectivity index (χ0) is 14.7. The number of hydrogen-bond donors (Lipinski definition) is 1. The first-order valence-electron chi connectivity index (χ1n) is 8.88. The quantitative estimate of drug-likeness (QED) is 0.854. The largest absolute Gasteiger partial charge is 0.389 e. The number of β-amino-alcohol motifs (C(OH)–C–C–N with tert-alkyl or cyclic N) is 1. The minimum atomic E-state index is -0.409. The van der Waals surface area contributed by atoms with E-state index < -0.39 is 5.60 Å². The van der Waals surface area contributed by atoms with Gasteiger partial charge in [-0.3, -0.25) is 4.90 Å². The Morgan fingerprint density at radius 2 is 1.71 bits per heavy atom. The Kier molecular flexibility index (Phi) is 5.20. The zero-order valence-electron chi connectivity index (χ0n) is 13.6. The molecule has 1 saturated carbocycles. The molecule has 0 aromatic carbocycles. The maximum Gasteiger partial charge on any atom is 0.0774 e. The van der Waals surface area contributed by atoms with Gasteiger partial charge in [-0.15, -0.1) is 0 Å². The Morgan fingerprint density at radius 3 is 2.33 bits per heavy atom. The first-order valence-corrected chi connectivity index (χ1v) is 8.88. The third-order valence-electron chi connectivity index (χ3n) is 5.73. The number of ether oxygens (including phenoxy) is 1. The van der Waals surface area contributed by atoms with Gasteiger partial charge >= 0.3 is 0 Å². The van der Waals surface area contributed by atoms with E-state index in [-0.39, 0.29) is 0 Å². The third-order valence-corrected chi connectivity index (χ3v) is 5.73. The number of piperazine rings is 1. The minimum absolute atomic E-state index is 0.409. The number of aliphatic hydroxyl groups is 1. The van der Waals surface area contributed by atoms with Crippen LogP contribution in [0.15, 0.2) is 0 Å². The standard InChI is InChI=1S/C17H32N2O2/c1-15-2-5-17(20,6-3-15)14-19-9-7-18(8-10-19)12-16-4-11-21-13-16/h15-16,20H,2-14H2,1H3. The van der Waals surface area contributed by atoms with Crippen molar-refractivity contribution in [2.45, 2.75) is 44.6 Å². The summed E-state index contributed by atoms with van der Waals surface area (Å²) in [5.41, 5.74) is -0.409. The molecule has 21 heavy (non-hydrogen) atoms. The summed E-state index contributed by atoms with van der Waals surface area (Å²) in [5, 5.41) is 10.8. The van der Waals surface area contributed by atoms with Gasteiger partial charge in [0.2, 0.25) is 0 Å². The summed E-state index contributed by atoms with van der Waals surface area (Å²) in [6.07, 6.45) is 5.61. The molecule has 3 fully saturated rings. The summed E-state index contributed by atoms with van der Waals surface area (Å²) in [5.74, 6) is 1.55. The van der Waals surface area contributed by atoms with Crippen molar-refractivity contribution in [3.05, 3.63) is 0 Å². The molecule has 1 unspecified atom stereocenters. The fourth-order valence-electron chi connectivity index (χ4n) is 4.10. The van der Waals surface area contributed by atoms with Crippen LogP contribution in [0.1, 0.15) is 39.0 Å². The third kappa shape index (κ3) is 4.41. The van der Waals surface area contributed by atoms with Gasteiger partial charge in [-0.1, -0.05) is 6.92 Å². The minimum Gasteiger partial charge on any atom is -0.389 e. The Bertz CT molecular complexity index is 315. The smallest absolute Gasteiger partial charge is 0.0774 e. The molecule has 0 radical (unpaired) electrons. The Labute approximate surface area is 129 Å². The Morgan fingerprint density at radius 1 is 1.05 bits per heavy atom. The monoisotopic (exact) mass is 296 g/mol. The molecule has 2 heterocycles. The first-order chi connectivity index (χ1) is 10.1. The lowest BCUT2D eigenvalue weighted by atomic mass is 9.79. The maximum atomic E-state index is 10.8. The molecule has 0 aromatic rings. The van der Waals surface area contributed by atoms with Crippen molar-refractivity contribution in [3.63, 3.8) is 0 Å². The van der Waals surface area contributed by atoms with Crippen molar-refractivity contribution in [1.82, 2.24) is 9.80 Å². The maximum absolute atomic E-state index is 10.8. The molecule has 4 nitrogen and oxygen atoms in total. The van der Waals surface area contributed by atoms with Crippen LogP contribution in [0.5, 0.6) is 0 Å². The number of rotatable bonds is 4. The van der Waals surface area contributed by atoms with E-state index in [4.69, 9.17) is 4.74 Å². The summed E-state index contributed by atoms with van der Waals surface area (Å²) < 4.78 is 5.47. The molecule has 3 aliphatic rings. The van der Waals surface area contributed by atoms with Gasteiger partial charge in [-0.25, -0.2) is 0 Å². The normalized spacial score (nSPS) is 39.7. The van der Waals surface area contributed by atoms with Crippen molar-refractivity contribution in [1.29, 1.82) is 0 Å². The fraction of sp³-hybridized carbons (Fsp3) is 1.00. The summed E-state index contributed by atoms with van der Waals surface area (Å²) in [6, 6.07) is 0. The molecular formula is C17H32N2O2. The van der Waals surface area contributed by atoms with Gasteiger partial charge in [0.1, 0.15) is 0 Å². The van der Waals surface area contributed by atoms with Crippen molar-refractivity contribution in [3.8, 4) is 0 Å². The van der Waals surface area contributed by atoms with E-state index in [1.165, 1.54) is 25.8 Å². The molecule has 2 aliphatic heterocycles. The second-order valence-electron chi connectivity index (χ2n) is 7.71. The molecule has 2 saturated heterocycles. The van der Waals surface area contributed by atoms with E-state index in [0.29, 0.717) is 0 Å². The molecule has 0 bridgehead atoms. The van der Waals surface area contributed by atoms with E-state index in [9.17, 15) is 5.11 Å². The van der Waals surface area contributed by atoms with Crippen LogP contribution in [0, 0.1) is 11.8 Å². The number of hydrogen-bond acceptors (Lipinski definition) is 4. The average molecular weight is 296 g/mol.